The van der Waals surface area contributed by atoms with E-state index >= 15 is 0 Å². The molecule has 0 radical (unpaired) electrons. The van der Waals surface area contributed by atoms with Crippen molar-refractivity contribution in [2.24, 2.45) is 0 Å². The number of phenolic OH excluding ortho intramolecular Hbond substituents is 1. The van der Waals surface area contributed by atoms with Crippen LogP contribution in [0.3, 0.4) is 0 Å². The molecule has 0 saturated carbocycles. The Hall–Kier alpha value is -2.49. The first-order valence-corrected chi connectivity index (χ1v) is 6.97. The van der Waals surface area contributed by atoms with Crippen molar-refractivity contribution >= 4 is 11.6 Å². The van der Waals surface area contributed by atoms with E-state index in [2.05, 4.69) is 5.32 Å². The Labute approximate surface area is 123 Å². The molecular formula is C17H17NO3. The molecule has 3 rings (SSSR count). The molecule has 21 heavy (non-hydrogen) atoms. The number of ether oxygens (including phenoxy) is 1. The van der Waals surface area contributed by atoms with Crippen molar-refractivity contribution in [3.05, 3.63) is 53.6 Å². The number of phenols is 1. The molecule has 2 aromatic carbocycles. The summed E-state index contributed by atoms with van der Waals surface area (Å²) in [6.07, 6.45) is 0.667. The van der Waals surface area contributed by atoms with Gasteiger partial charge >= 0.3 is 0 Å². The quantitative estimate of drug-likeness (QED) is 0.832. The Kier molecular flexibility index (Phi) is 3.52. The summed E-state index contributed by atoms with van der Waals surface area (Å²) in [6.45, 7) is 2.40. The molecule has 1 aliphatic rings. The lowest BCUT2D eigenvalue weighted by atomic mass is 9.92. The Morgan fingerprint density at radius 1 is 1.29 bits per heavy atom. The first-order chi connectivity index (χ1) is 10.1. The van der Waals surface area contributed by atoms with Gasteiger partial charge in [0.25, 0.3) is 0 Å². The van der Waals surface area contributed by atoms with Crippen LogP contribution < -0.4 is 10.1 Å². The van der Waals surface area contributed by atoms with Crippen LogP contribution in [0.2, 0.25) is 0 Å². The van der Waals surface area contributed by atoms with Crippen LogP contribution in [0.15, 0.2) is 42.5 Å². The summed E-state index contributed by atoms with van der Waals surface area (Å²) in [7, 11) is 0. The van der Waals surface area contributed by atoms with Crippen LogP contribution in [0.25, 0.3) is 0 Å². The van der Waals surface area contributed by atoms with Crippen LogP contribution in [0.4, 0.5) is 5.69 Å². The molecule has 0 aliphatic carbocycles. The maximum Gasteiger partial charge on any atom is 0.232 e. The number of anilines is 1. The van der Waals surface area contributed by atoms with E-state index in [4.69, 9.17) is 4.74 Å². The number of amides is 1. The Morgan fingerprint density at radius 3 is 2.90 bits per heavy atom. The summed E-state index contributed by atoms with van der Waals surface area (Å²) in [5.41, 5.74) is 2.49. The van der Waals surface area contributed by atoms with Gasteiger partial charge in [-0.2, -0.15) is 0 Å². The molecular weight excluding hydrogens is 266 g/mol. The number of para-hydroxylation sites is 1. The molecule has 1 atom stereocenters. The Morgan fingerprint density at radius 2 is 2.10 bits per heavy atom. The van der Waals surface area contributed by atoms with E-state index < -0.39 is 0 Å². The predicted molar refractivity (Wildman–Crippen MR) is 80.8 cm³/mol. The van der Waals surface area contributed by atoms with E-state index in [0.29, 0.717) is 13.0 Å². The minimum atomic E-state index is -0.205. The van der Waals surface area contributed by atoms with Crippen molar-refractivity contribution in [2.45, 2.75) is 19.3 Å². The van der Waals surface area contributed by atoms with Crippen LogP contribution >= 0.6 is 0 Å². The second-order valence-electron chi connectivity index (χ2n) is 5.22. The van der Waals surface area contributed by atoms with Crippen molar-refractivity contribution in [1.82, 2.24) is 0 Å². The lowest BCUT2D eigenvalue weighted by molar-refractivity contribution is -0.118. The maximum absolute atomic E-state index is 12.5. The summed E-state index contributed by atoms with van der Waals surface area (Å²) in [5, 5.41) is 12.4. The number of nitrogens with one attached hydrogen (secondary N) is 1. The molecule has 1 heterocycles. The number of hydrogen-bond acceptors (Lipinski definition) is 3. The van der Waals surface area contributed by atoms with E-state index in [-0.39, 0.29) is 17.6 Å². The topological polar surface area (TPSA) is 58.6 Å². The number of benzene rings is 2. The summed E-state index contributed by atoms with van der Waals surface area (Å²) < 4.78 is 5.58. The molecule has 1 aliphatic heterocycles. The number of aryl methyl sites for hydroxylation is 1. The number of fused-ring (bicyclic) bond motifs is 1. The first-order valence-electron chi connectivity index (χ1n) is 6.97. The monoisotopic (exact) mass is 283 g/mol. The minimum absolute atomic E-state index is 0.0421. The highest BCUT2D eigenvalue weighted by atomic mass is 16.5. The summed E-state index contributed by atoms with van der Waals surface area (Å²) >= 11 is 0. The predicted octanol–water partition coefficient (Wildman–Crippen LogP) is 3.21. The lowest BCUT2D eigenvalue weighted by Crippen LogP contribution is -2.26. The molecule has 0 spiro atoms. The lowest BCUT2D eigenvalue weighted by Gasteiger charge is -2.25. The molecule has 108 valence electrons. The Balaban J connectivity index is 1.83. The second kappa shape index (κ2) is 5.48. The summed E-state index contributed by atoms with van der Waals surface area (Å²) in [6, 6.07) is 12.6. The zero-order valence-corrected chi connectivity index (χ0v) is 11.8. The van der Waals surface area contributed by atoms with Crippen LogP contribution in [-0.2, 0) is 4.79 Å². The van der Waals surface area contributed by atoms with Crippen LogP contribution in [-0.4, -0.2) is 17.6 Å². The number of carbonyl (C=O) groups is 1. The van der Waals surface area contributed by atoms with Gasteiger partial charge in [0.2, 0.25) is 5.91 Å². The maximum atomic E-state index is 12.5. The van der Waals surface area contributed by atoms with Gasteiger partial charge in [-0.25, -0.2) is 0 Å². The molecule has 2 N–H and O–H groups in total. The molecule has 0 bridgehead atoms. The van der Waals surface area contributed by atoms with Crippen molar-refractivity contribution in [1.29, 1.82) is 0 Å². The SMILES string of the molecule is Cc1cc(O)ccc1NC(=O)C1CCOc2ccccc21. The van der Waals surface area contributed by atoms with E-state index in [1.165, 1.54) is 0 Å². The fraction of sp³-hybridized carbons (Fsp3) is 0.235. The van der Waals surface area contributed by atoms with E-state index in [9.17, 15) is 9.90 Å². The second-order valence-corrected chi connectivity index (χ2v) is 5.22. The molecule has 2 aromatic rings. The van der Waals surface area contributed by atoms with Gasteiger partial charge in [0.1, 0.15) is 11.5 Å². The van der Waals surface area contributed by atoms with Gasteiger partial charge in [0.05, 0.1) is 12.5 Å². The van der Waals surface area contributed by atoms with Crippen LogP contribution in [0, 0.1) is 6.92 Å². The number of hydrogen-bond donors (Lipinski definition) is 2. The van der Waals surface area contributed by atoms with Gasteiger partial charge in [-0.15, -0.1) is 0 Å². The van der Waals surface area contributed by atoms with Crippen molar-refractivity contribution in [2.75, 3.05) is 11.9 Å². The molecule has 0 aromatic heterocycles. The standard InChI is InChI=1S/C17H17NO3/c1-11-10-12(19)6-7-15(11)18-17(20)14-8-9-21-16-5-3-2-4-13(14)16/h2-7,10,14,19H,8-9H2,1H3,(H,18,20). The normalized spacial score (nSPS) is 16.7. The zero-order valence-electron chi connectivity index (χ0n) is 11.8. The molecule has 4 nitrogen and oxygen atoms in total. The van der Waals surface area contributed by atoms with Crippen molar-refractivity contribution in [3.8, 4) is 11.5 Å². The van der Waals surface area contributed by atoms with Gasteiger partial charge < -0.3 is 15.2 Å². The number of carbonyl (C=O) groups excluding carboxylic acids is 1. The average Bonchev–Trinajstić information content (AvgIpc) is 2.49. The zero-order chi connectivity index (χ0) is 14.8. The molecule has 4 heteroatoms. The van der Waals surface area contributed by atoms with Crippen molar-refractivity contribution in [3.63, 3.8) is 0 Å². The molecule has 1 unspecified atom stereocenters. The third kappa shape index (κ3) is 2.70. The van der Waals surface area contributed by atoms with E-state index in [1.54, 1.807) is 18.2 Å². The molecule has 0 saturated heterocycles. The van der Waals surface area contributed by atoms with Gasteiger partial charge in [0.15, 0.2) is 0 Å². The van der Waals surface area contributed by atoms with Gasteiger partial charge in [-0.05, 0) is 43.2 Å². The fourth-order valence-electron chi connectivity index (χ4n) is 2.62. The highest BCUT2D eigenvalue weighted by Crippen LogP contribution is 2.34. The van der Waals surface area contributed by atoms with Gasteiger partial charge in [-0.3, -0.25) is 4.79 Å². The van der Waals surface area contributed by atoms with Gasteiger partial charge in [-0.1, -0.05) is 18.2 Å². The Bertz CT molecular complexity index is 681. The summed E-state index contributed by atoms with van der Waals surface area (Å²) in [5.74, 6) is 0.732. The third-order valence-electron chi connectivity index (χ3n) is 3.74. The van der Waals surface area contributed by atoms with Crippen LogP contribution in [0.1, 0.15) is 23.5 Å². The summed E-state index contributed by atoms with van der Waals surface area (Å²) in [4.78, 5) is 12.5. The largest absolute Gasteiger partial charge is 0.508 e. The molecule has 0 fully saturated rings. The van der Waals surface area contributed by atoms with Crippen LogP contribution in [0.5, 0.6) is 11.5 Å². The average molecular weight is 283 g/mol. The number of aromatic hydroxyl groups is 1. The fourth-order valence-corrected chi connectivity index (χ4v) is 2.62. The smallest absolute Gasteiger partial charge is 0.232 e. The number of rotatable bonds is 2. The van der Waals surface area contributed by atoms with E-state index in [0.717, 1.165) is 22.6 Å². The highest BCUT2D eigenvalue weighted by molar-refractivity contribution is 5.97. The van der Waals surface area contributed by atoms with E-state index in [1.807, 2.05) is 31.2 Å². The molecule has 1 amide bonds. The highest BCUT2D eigenvalue weighted by Gasteiger charge is 2.27. The first kappa shape index (κ1) is 13.5. The third-order valence-corrected chi connectivity index (χ3v) is 3.74. The van der Waals surface area contributed by atoms with Gasteiger partial charge in [0, 0.05) is 11.3 Å². The minimum Gasteiger partial charge on any atom is -0.508 e. The van der Waals surface area contributed by atoms with Crippen molar-refractivity contribution < 1.29 is 14.6 Å².